The molecule has 1 fully saturated rings. The molecular weight excluding hydrogens is 354 g/mol. The van der Waals surface area contributed by atoms with E-state index in [1.54, 1.807) is 13.0 Å². The van der Waals surface area contributed by atoms with Gasteiger partial charge in [0, 0.05) is 18.6 Å². The molecular formula is C16H18ClNO5S. The highest BCUT2D eigenvalue weighted by Crippen LogP contribution is 2.45. The van der Waals surface area contributed by atoms with Crippen molar-refractivity contribution in [3.8, 4) is 11.5 Å². The number of ether oxygens (including phenoxy) is 1. The van der Waals surface area contributed by atoms with Crippen LogP contribution in [-0.4, -0.2) is 31.5 Å². The van der Waals surface area contributed by atoms with E-state index in [1.165, 1.54) is 6.07 Å². The summed E-state index contributed by atoms with van der Waals surface area (Å²) in [6, 6.07) is 3.06. The maximum Gasteiger partial charge on any atom is 0.182 e. The van der Waals surface area contributed by atoms with Gasteiger partial charge in [-0.2, -0.15) is 0 Å². The smallest absolute Gasteiger partial charge is 0.182 e. The zero-order valence-electron chi connectivity index (χ0n) is 13.4. The van der Waals surface area contributed by atoms with Gasteiger partial charge in [0.15, 0.2) is 27.1 Å². The molecule has 0 amide bonds. The lowest BCUT2D eigenvalue weighted by Gasteiger charge is -2.13. The van der Waals surface area contributed by atoms with Crippen LogP contribution in [0, 0.1) is 0 Å². The second-order valence-corrected chi connectivity index (χ2v) is 8.23. The van der Waals surface area contributed by atoms with E-state index in [9.17, 15) is 13.5 Å². The van der Waals surface area contributed by atoms with Crippen molar-refractivity contribution in [3.63, 3.8) is 0 Å². The van der Waals surface area contributed by atoms with Crippen LogP contribution in [0.2, 0.25) is 5.02 Å². The number of hydrogen-bond acceptors (Lipinski definition) is 6. The summed E-state index contributed by atoms with van der Waals surface area (Å²) in [6.07, 6.45) is 3.30. The summed E-state index contributed by atoms with van der Waals surface area (Å²) < 4.78 is 34.4. The van der Waals surface area contributed by atoms with Crippen molar-refractivity contribution in [2.24, 2.45) is 0 Å². The molecule has 6 nitrogen and oxygen atoms in total. The molecule has 0 spiro atoms. The Balaban J connectivity index is 1.98. The minimum absolute atomic E-state index is 0.0427. The van der Waals surface area contributed by atoms with Crippen LogP contribution in [0.5, 0.6) is 11.5 Å². The number of sulfone groups is 1. The molecule has 1 aromatic heterocycles. The van der Waals surface area contributed by atoms with E-state index in [1.807, 2.05) is 0 Å². The Labute approximate surface area is 145 Å². The van der Waals surface area contributed by atoms with Crippen molar-refractivity contribution in [2.45, 2.75) is 37.0 Å². The first-order chi connectivity index (χ1) is 11.3. The predicted molar refractivity (Wildman–Crippen MR) is 88.7 cm³/mol. The lowest BCUT2D eigenvalue weighted by atomic mass is 10.1. The second-order valence-electron chi connectivity index (χ2n) is 5.86. The fourth-order valence-corrected chi connectivity index (χ4v) is 3.68. The van der Waals surface area contributed by atoms with Gasteiger partial charge in [0.1, 0.15) is 10.6 Å². The predicted octanol–water partition coefficient (Wildman–Crippen LogP) is 3.30. The number of benzene rings is 1. The Morgan fingerprint density at radius 2 is 2.12 bits per heavy atom. The van der Waals surface area contributed by atoms with Gasteiger partial charge < -0.3 is 14.4 Å². The first-order valence-electron chi connectivity index (χ1n) is 7.64. The lowest BCUT2D eigenvalue weighted by molar-refractivity contribution is 0.331. The molecule has 24 heavy (non-hydrogen) atoms. The van der Waals surface area contributed by atoms with Gasteiger partial charge in [-0.05, 0) is 31.4 Å². The van der Waals surface area contributed by atoms with Crippen molar-refractivity contribution in [1.82, 2.24) is 5.16 Å². The fourth-order valence-electron chi connectivity index (χ4n) is 2.53. The van der Waals surface area contributed by atoms with Crippen molar-refractivity contribution >= 4 is 21.4 Å². The SMILES string of the molecule is CCOc1c(S(C)(=O)=O)ccc(Cc2noc(C3CC3)c2O)c1Cl. The number of nitrogens with zero attached hydrogens (tertiary/aromatic N) is 1. The summed E-state index contributed by atoms with van der Waals surface area (Å²) in [5.74, 6) is 0.940. The molecule has 1 aliphatic rings. The molecule has 1 saturated carbocycles. The molecule has 0 aliphatic heterocycles. The normalized spacial score (nSPS) is 14.8. The number of aromatic nitrogens is 1. The summed E-state index contributed by atoms with van der Waals surface area (Å²) in [5.41, 5.74) is 0.992. The number of halogens is 1. The van der Waals surface area contributed by atoms with Gasteiger partial charge in [0.2, 0.25) is 0 Å². The summed E-state index contributed by atoms with van der Waals surface area (Å²) in [7, 11) is -3.47. The molecule has 3 rings (SSSR count). The highest BCUT2D eigenvalue weighted by atomic mass is 35.5. The minimum atomic E-state index is -3.47. The van der Waals surface area contributed by atoms with Crippen LogP contribution in [0.4, 0.5) is 0 Å². The van der Waals surface area contributed by atoms with E-state index < -0.39 is 9.84 Å². The van der Waals surface area contributed by atoms with Gasteiger partial charge in [0.05, 0.1) is 11.6 Å². The third-order valence-corrected chi connectivity index (χ3v) is 5.43. The molecule has 0 unspecified atom stereocenters. The van der Waals surface area contributed by atoms with E-state index >= 15 is 0 Å². The van der Waals surface area contributed by atoms with Gasteiger partial charge in [-0.15, -0.1) is 0 Å². The highest BCUT2D eigenvalue weighted by molar-refractivity contribution is 7.90. The molecule has 1 heterocycles. The molecule has 0 saturated heterocycles. The Bertz CT molecular complexity index is 871. The summed E-state index contributed by atoms with van der Waals surface area (Å²) in [5, 5.41) is 14.3. The van der Waals surface area contributed by atoms with Crippen LogP contribution in [0.3, 0.4) is 0 Å². The van der Waals surface area contributed by atoms with Crippen molar-refractivity contribution in [3.05, 3.63) is 34.2 Å². The fraction of sp³-hybridized carbons (Fsp3) is 0.438. The molecule has 0 bridgehead atoms. The molecule has 0 radical (unpaired) electrons. The van der Waals surface area contributed by atoms with Crippen LogP contribution < -0.4 is 4.74 Å². The second kappa shape index (κ2) is 6.29. The Morgan fingerprint density at radius 1 is 1.42 bits per heavy atom. The topological polar surface area (TPSA) is 89.6 Å². The summed E-state index contributed by atoms with van der Waals surface area (Å²) in [6.45, 7) is 2.03. The summed E-state index contributed by atoms with van der Waals surface area (Å²) in [4.78, 5) is 0.0427. The molecule has 8 heteroatoms. The summed E-state index contributed by atoms with van der Waals surface area (Å²) >= 11 is 6.35. The molecule has 1 N–H and O–H groups in total. The lowest BCUT2D eigenvalue weighted by Crippen LogP contribution is -2.05. The molecule has 130 valence electrons. The number of hydrogen-bond donors (Lipinski definition) is 1. The van der Waals surface area contributed by atoms with Gasteiger partial charge in [-0.25, -0.2) is 8.42 Å². The monoisotopic (exact) mass is 371 g/mol. The Kier molecular flexibility index (Phi) is 4.48. The first kappa shape index (κ1) is 17.1. The maximum absolute atomic E-state index is 11.9. The van der Waals surface area contributed by atoms with Gasteiger partial charge in [-0.1, -0.05) is 22.8 Å². The molecule has 2 aromatic rings. The van der Waals surface area contributed by atoms with E-state index in [-0.39, 0.29) is 40.4 Å². The first-order valence-corrected chi connectivity index (χ1v) is 9.91. The average molecular weight is 372 g/mol. The number of aromatic hydroxyl groups is 1. The van der Waals surface area contributed by atoms with E-state index in [4.69, 9.17) is 20.9 Å². The van der Waals surface area contributed by atoms with Crippen LogP contribution in [0.15, 0.2) is 21.6 Å². The van der Waals surface area contributed by atoms with Gasteiger partial charge >= 0.3 is 0 Å². The zero-order valence-corrected chi connectivity index (χ0v) is 14.9. The third kappa shape index (κ3) is 3.23. The van der Waals surface area contributed by atoms with E-state index in [0.29, 0.717) is 17.0 Å². The average Bonchev–Trinajstić information content (AvgIpc) is 3.28. The van der Waals surface area contributed by atoms with Crippen molar-refractivity contribution in [1.29, 1.82) is 0 Å². The van der Waals surface area contributed by atoms with Crippen LogP contribution in [0.1, 0.15) is 42.7 Å². The van der Waals surface area contributed by atoms with Gasteiger partial charge in [0.25, 0.3) is 0 Å². The van der Waals surface area contributed by atoms with Crippen molar-refractivity contribution < 1.29 is 22.8 Å². The minimum Gasteiger partial charge on any atom is -0.503 e. The molecule has 1 aromatic carbocycles. The zero-order chi connectivity index (χ0) is 17.5. The van der Waals surface area contributed by atoms with Crippen molar-refractivity contribution in [2.75, 3.05) is 12.9 Å². The maximum atomic E-state index is 11.9. The van der Waals surface area contributed by atoms with Crippen LogP contribution in [0.25, 0.3) is 0 Å². The van der Waals surface area contributed by atoms with E-state index in [2.05, 4.69) is 5.16 Å². The highest BCUT2D eigenvalue weighted by Gasteiger charge is 2.32. The molecule has 1 aliphatic carbocycles. The largest absolute Gasteiger partial charge is 0.503 e. The third-order valence-electron chi connectivity index (χ3n) is 3.90. The van der Waals surface area contributed by atoms with Crippen LogP contribution in [-0.2, 0) is 16.3 Å². The number of rotatable bonds is 6. The molecule has 0 atom stereocenters. The Morgan fingerprint density at radius 3 is 2.71 bits per heavy atom. The quantitative estimate of drug-likeness (QED) is 0.837. The Hall–Kier alpha value is -1.73. The van der Waals surface area contributed by atoms with Crippen LogP contribution >= 0.6 is 11.6 Å². The standard InChI is InChI=1S/C16H18ClNO5S/c1-3-22-16-12(24(2,20)21)7-6-10(13(16)17)8-11-14(19)15(23-18-11)9-4-5-9/h6-7,9,19H,3-5,8H2,1-2H3. The van der Waals surface area contributed by atoms with E-state index in [0.717, 1.165) is 19.1 Å². The van der Waals surface area contributed by atoms with Gasteiger partial charge in [-0.3, -0.25) is 0 Å².